The molecular weight excluding hydrogens is 422 g/mol. The van der Waals surface area contributed by atoms with Crippen LogP contribution in [0.15, 0.2) is 42.5 Å². The zero-order valence-electron chi connectivity index (χ0n) is 19.1. The molecule has 2 aromatic rings. The molecule has 7 heteroatoms. The van der Waals surface area contributed by atoms with Gasteiger partial charge in [-0.15, -0.1) is 0 Å². The van der Waals surface area contributed by atoms with E-state index in [2.05, 4.69) is 18.7 Å². The summed E-state index contributed by atoms with van der Waals surface area (Å²) in [5, 5.41) is 19.1. The van der Waals surface area contributed by atoms with Crippen LogP contribution in [0, 0.1) is 11.8 Å². The molecule has 176 valence electrons. The van der Waals surface area contributed by atoms with Crippen LogP contribution in [0.2, 0.25) is 0 Å². The number of para-hydroxylation sites is 1. The van der Waals surface area contributed by atoms with E-state index in [-0.39, 0.29) is 30.5 Å². The third-order valence-corrected chi connectivity index (χ3v) is 7.27. The second-order valence-corrected chi connectivity index (χ2v) is 9.95. The van der Waals surface area contributed by atoms with E-state index >= 15 is 0 Å². The first-order chi connectivity index (χ1) is 15.8. The molecule has 0 spiro atoms. The third kappa shape index (κ3) is 4.39. The summed E-state index contributed by atoms with van der Waals surface area (Å²) in [4.78, 5) is 13.1. The van der Waals surface area contributed by atoms with Gasteiger partial charge in [0, 0.05) is 31.1 Å². The van der Waals surface area contributed by atoms with Crippen LogP contribution in [0.4, 0.5) is 0 Å². The Morgan fingerprint density at radius 3 is 2.76 bits per heavy atom. The zero-order valence-corrected chi connectivity index (χ0v) is 19.1. The van der Waals surface area contributed by atoms with Gasteiger partial charge in [0.25, 0.3) is 0 Å². The monoisotopic (exact) mass is 453 g/mol. The van der Waals surface area contributed by atoms with Gasteiger partial charge < -0.3 is 24.4 Å². The Morgan fingerprint density at radius 2 is 2.00 bits per heavy atom. The number of aliphatic carboxylic acids is 1. The van der Waals surface area contributed by atoms with Crippen LogP contribution in [0.25, 0.3) is 0 Å². The Morgan fingerprint density at radius 1 is 1.21 bits per heavy atom. The molecular formula is C26H31NO6. The van der Waals surface area contributed by atoms with Gasteiger partial charge in [-0.1, -0.05) is 24.3 Å². The summed E-state index contributed by atoms with van der Waals surface area (Å²) >= 11 is 0. The average molecular weight is 454 g/mol. The molecule has 2 saturated heterocycles. The van der Waals surface area contributed by atoms with Gasteiger partial charge in [-0.3, -0.25) is 4.90 Å². The fraction of sp³-hybridized carbons (Fsp3) is 0.500. The van der Waals surface area contributed by atoms with Gasteiger partial charge >= 0.3 is 5.97 Å². The summed E-state index contributed by atoms with van der Waals surface area (Å²) in [5.74, 6) is 0.982. The fourth-order valence-electron chi connectivity index (χ4n) is 5.62. The lowest BCUT2D eigenvalue weighted by atomic mass is 9.70. The minimum absolute atomic E-state index is 0.0537. The second kappa shape index (κ2) is 8.54. The largest absolute Gasteiger partial charge is 0.504 e. The van der Waals surface area contributed by atoms with Crippen LogP contribution in [-0.2, 0) is 16.1 Å². The van der Waals surface area contributed by atoms with Crippen molar-refractivity contribution in [3.8, 4) is 17.2 Å². The predicted molar refractivity (Wildman–Crippen MR) is 121 cm³/mol. The summed E-state index contributed by atoms with van der Waals surface area (Å²) < 4.78 is 18.2. The lowest BCUT2D eigenvalue weighted by molar-refractivity contribution is -0.188. The van der Waals surface area contributed by atoms with Gasteiger partial charge in [0.15, 0.2) is 18.1 Å². The fourth-order valence-corrected chi connectivity index (χ4v) is 5.62. The van der Waals surface area contributed by atoms with Crippen molar-refractivity contribution in [3.63, 3.8) is 0 Å². The number of phenolic OH excluding ortho intramolecular Hbond substituents is 1. The number of nitrogens with zero attached hydrogens (tertiary/aromatic N) is 1. The number of aromatic hydroxyl groups is 1. The summed E-state index contributed by atoms with van der Waals surface area (Å²) in [6.07, 6.45) is 2.15. The van der Waals surface area contributed by atoms with Gasteiger partial charge in [-0.25, -0.2) is 4.79 Å². The van der Waals surface area contributed by atoms with Crippen LogP contribution >= 0.6 is 0 Å². The Kier molecular flexibility index (Phi) is 5.70. The number of benzene rings is 2. The van der Waals surface area contributed by atoms with E-state index in [0.717, 1.165) is 38.0 Å². The van der Waals surface area contributed by atoms with Gasteiger partial charge in [-0.05, 0) is 56.4 Å². The highest BCUT2D eigenvalue weighted by Crippen LogP contribution is 2.54. The first-order valence-electron chi connectivity index (χ1n) is 11.6. The molecule has 0 aliphatic carbocycles. The third-order valence-electron chi connectivity index (χ3n) is 7.27. The minimum Gasteiger partial charge on any atom is -0.504 e. The van der Waals surface area contributed by atoms with Gasteiger partial charge in [-0.2, -0.15) is 0 Å². The number of likely N-dealkylation sites (tertiary alicyclic amines) is 1. The number of rotatable bonds is 5. The van der Waals surface area contributed by atoms with E-state index < -0.39 is 11.6 Å². The molecule has 4 atom stereocenters. The normalized spacial score (nSPS) is 28.1. The molecule has 3 aliphatic rings. The van der Waals surface area contributed by atoms with Crippen molar-refractivity contribution in [2.75, 3.05) is 19.7 Å². The van der Waals surface area contributed by atoms with Crippen molar-refractivity contribution in [2.45, 2.75) is 51.0 Å². The van der Waals surface area contributed by atoms with Crippen LogP contribution < -0.4 is 9.47 Å². The van der Waals surface area contributed by atoms with Crippen LogP contribution in [0.3, 0.4) is 0 Å². The van der Waals surface area contributed by atoms with E-state index in [1.54, 1.807) is 6.07 Å². The number of fused-ring (bicyclic) bond motifs is 4. The number of hydrogen-bond donors (Lipinski definition) is 2. The number of carboxylic acid groups (broad SMARTS) is 1. The molecule has 0 aromatic heterocycles. The van der Waals surface area contributed by atoms with Gasteiger partial charge in [0.05, 0.1) is 12.2 Å². The first-order valence-corrected chi connectivity index (χ1v) is 11.6. The maximum Gasteiger partial charge on any atom is 0.341 e. The molecule has 3 heterocycles. The van der Waals surface area contributed by atoms with Crippen molar-refractivity contribution < 1.29 is 29.2 Å². The maximum atomic E-state index is 10.7. The number of carboxylic acids is 1. The number of hydrogen-bond acceptors (Lipinski definition) is 6. The van der Waals surface area contributed by atoms with Gasteiger partial charge in [0.1, 0.15) is 11.4 Å². The Bertz CT molecular complexity index is 1020. The number of carbonyl (C=O) groups is 1. The highest BCUT2D eigenvalue weighted by Gasteiger charge is 2.51. The molecule has 33 heavy (non-hydrogen) atoms. The molecule has 2 N–H and O–H groups in total. The topological polar surface area (TPSA) is 88.5 Å². The standard InChI is InChI=1S/C26H31NO6/c1-26(2)20-12-17-14-27(13-16-6-8-18(9-7-16)31-15-23(29)30)11-10-22(17)32-24(20)19-4-3-5-21(28)25(19)33-26/h3-9,17,20,22,24,28H,10-15H2,1-2H3,(H,29,30)/t17-,20-,22-,24+/m1/s1. The van der Waals surface area contributed by atoms with E-state index in [4.69, 9.17) is 19.3 Å². The highest BCUT2D eigenvalue weighted by molar-refractivity contribution is 5.68. The van der Waals surface area contributed by atoms with Crippen molar-refractivity contribution >= 4 is 5.97 Å². The minimum atomic E-state index is -0.981. The molecule has 7 nitrogen and oxygen atoms in total. The van der Waals surface area contributed by atoms with E-state index in [1.807, 2.05) is 36.4 Å². The summed E-state index contributed by atoms with van der Waals surface area (Å²) in [5.41, 5.74) is 1.72. The molecule has 0 amide bonds. The van der Waals surface area contributed by atoms with Crippen molar-refractivity contribution in [1.29, 1.82) is 0 Å². The molecule has 0 saturated carbocycles. The Labute approximate surface area is 193 Å². The van der Waals surface area contributed by atoms with Crippen LogP contribution in [-0.4, -0.2) is 52.5 Å². The summed E-state index contributed by atoms with van der Waals surface area (Å²) in [7, 11) is 0. The maximum absolute atomic E-state index is 10.7. The quantitative estimate of drug-likeness (QED) is 0.708. The summed E-state index contributed by atoms with van der Waals surface area (Å²) in [6.45, 7) is 6.63. The zero-order chi connectivity index (χ0) is 23.2. The van der Waals surface area contributed by atoms with Gasteiger partial charge in [0.2, 0.25) is 0 Å². The van der Waals surface area contributed by atoms with Crippen molar-refractivity contribution in [1.82, 2.24) is 4.90 Å². The second-order valence-electron chi connectivity index (χ2n) is 9.95. The Balaban J connectivity index is 1.25. The predicted octanol–water partition coefficient (Wildman–Crippen LogP) is 3.99. The molecule has 0 unspecified atom stereocenters. The number of ether oxygens (including phenoxy) is 3. The lowest BCUT2D eigenvalue weighted by Gasteiger charge is -2.53. The SMILES string of the molecule is CC1(C)Oc2c(O)cccc2[C@@H]2O[C@@H]3CCN(Cc4ccc(OCC(=O)O)cc4)C[C@H]3C[C@H]21. The average Bonchev–Trinajstić information content (AvgIpc) is 2.78. The first kappa shape index (κ1) is 22.0. The molecule has 2 aromatic carbocycles. The molecule has 0 radical (unpaired) electrons. The van der Waals surface area contributed by atoms with Crippen LogP contribution in [0.1, 0.15) is 43.9 Å². The number of phenols is 1. The van der Waals surface area contributed by atoms with Crippen molar-refractivity contribution in [2.24, 2.45) is 11.8 Å². The smallest absolute Gasteiger partial charge is 0.341 e. The Hall–Kier alpha value is -2.77. The summed E-state index contributed by atoms with van der Waals surface area (Å²) in [6, 6.07) is 13.2. The number of piperidine rings is 1. The van der Waals surface area contributed by atoms with Crippen LogP contribution in [0.5, 0.6) is 17.2 Å². The van der Waals surface area contributed by atoms with E-state index in [9.17, 15) is 9.90 Å². The molecule has 0 bridgehead atoms. The van der Waals surface area contributed by atoms with E-state index in [1.165, 1.54) is 5.56 Å². The van der Waals surface area contributed by atoms with E-state index in [0.29, 0.717) is 17.4 Å². The van der Waals surface area contributed by atoms with Crippen molar-refractivity contribution in [3.05, 3.63) is 53.6 Å². The molecule has 3 aliphatic heterocycles. The lowest BCUT2D eigenvalue weighted by Crippen LogP contribution is -2.55. The molecule has 5 rings (SSSR count). The molecule has 2 fully saturated rings. The highest BCUT2D eigenvalue weighted by atomic mass is 16.5.